The summed E-state index contributed by atoms with van der Waals surface area (Å²) < 4.78 is 0. The summed E-state index contributed by atoms with van der Waals surface area (Å²) in [4.78, 5) is 2.29. The topological polar surface area (TPSA) is 53.0 Å². The van der Waals surface area contributed by atoms with Crippen molar-refractivity contribution in [2.45, 2.75) is 26.3 Å². The lowest BCUT2D eigenvalue weighted by molar-refractivity contribution is 0.245. The molecule has 2 rings (SSSR count). The van der Waals surface area contributed by atoms with E-state index in [1.165, 1.54) is 0 Å². The molecule has 1 atom stereocenters. The minimum atomic E-state index is 0.0959. The molecule has 1 unspecified atom stereocenters. The van der Waals surface area contributed by atoms with Gasteiger partial charge < -0.3 is 10.6 Å². The van der Waals surface area contributed by atoms with E-state index in [0.29, 0.717) is 10.6 Å². The summed E-state index contributed by atoms with van der Waals surface area (Å²) in [5.74, 6) is 0. The summed E-state index contributed by atoms with van der Waals surface area (Å²) in [5, 5.41) is 9.39. The Morgan fingerprint density at radius 3 is 2.78 bits per heavy atom. The van der Waals surface area contributed by atoms with Gasteiger partial charge in [-0.25, -0.2) is 0 Å². The summed E-state index contributed by atoms with van der Waals surface area (Å²) in [6, 6.07) is 7.92. The van der Waals surface area contributed by atoms with Gasteiger partial charge in [-0.3, -0.25) is 0 Å². The fourth-order valence-electron chi connectivity index (χ4n) is 2.39. The summed E-state index contributed by atoms with van der Waals surface area (Å²) in [6.07, 6.45) is 0.977. The largest absolute Gasteiger partial charge is 0.371 e. The van der Waals surface area contributed by atoms with Crippen molar-refractivity contribution >= 4 is 17.3 Å². The molecule has 2 N–H and O–H groups in total. The zero-order chi connectivity index (χ0) is 13.3. The molecule has 0 saturated carbocycles. The normalized spacial score (nSPS) is 22.6. The van der Waals surface area contributed by atoms with Crippen molar-refractivity contribution in [3.8, 4) is 6.07 Å². The van der Waals surface area contributed by atoms with Crippen molar-refractivity contribution in [3.63, 3.8) is 0 Å². The summed E-state index contributed by atoms with van der Waals surface area (Å²) >= 11 is 6.07. The lowest BCUT2D eigenvalue weighted by atomic mass is 9.79. The fraction of sp³-hybridized carbons (Fsp3) is 0.500. The van der Waals surface area contributed by atoms with Crippen molar-refractivity contribution in [3.05, 3.63) is 28.8 Å². The molecule has 3 nitrogen and oxygen atoms in total. The lowest BCUT2D eigenvalue weighted by Crippen LogP contribution is -2.52. The standard InChI is InChI=1S/C14H18ClN3/c1-14(2)9-18(6-5-13(14)17)11-4-3-10(8-16)12(15)7-11/h3-4,7,13H,5-6,9,17H2,1-2H3. The molecular formula is C14H18ClN3. The third kappa shape index (κ3) is 2.45. The monoisotopic (exact) mass is 263 g/mol. The number of benzene rings is 1. The summed E-state index contributed by atoms with van der Waals surface area (Å²) in [5.41, 5.74) is 7.82. The van der Waals surface area contributed by atoms with Gasteiger partial charge >= 0.3 is 0 Å². The van der Waals surface area contributed by atoms with Crippen LogP contribution in [0, 0.1) is 16.7 Å². The Morgan fingerprint density at radius 2 is 2.22 bits per heavy atom. The molecule has 1 aromatic carbocycles. The summed E-state index contributed by atoms with van der Waals surface area (Å²) in [7, 11) is 0. The Morgan fingerprint density at radius 1 is 1.50 bits per heavy atom. The molecule has 0 amide bonds. The number of halogens is 1. The van der Waals surface area contributed by atoms with Crippen LogP contribution in [0.15, 0.2) is 18.2 Å². The van der Waals surface area contributed by atoms with Crippen molar-refractivity contribution in [2.75, 3.05) is 18.0 Å². The first kappa shape index (κ1) is 13.2. The maximum absolute atomic E-state index is 8.87. The number of anilines is 1. The average Bonchev–Trinajstić information content (AvgIpc) is 2.32. The number of rotatable bonds is 1. The maximum Gasteiger partial charge on any atom is 0.101 e. The van der Waals surface area contributed by atoms with Gasteiger partial charge in [-0.2, -0.15) is 5.26 Å². The highest BCUT2D eigenvalue weighted by Gasteiger charge is 2.33. The number of piperidine rings is 1. The molecule has 1 aromatic rings. The third-order valence-electron chi connectivity index (χ3n) is 3.75. The van der Waals surface area contributed by atoms with E-state index in [1.807, 2.05) is 12.1 Å². The van der Waals surface area contributed by atoms with Crippen LogP contribution in [0.4, 0.5) is 5.69 Å². The molecule has 4 heteroatoms. The predicted octanol–water partition coefficient (Wildman–Crippen LogP) is 2.78. The van der Waals surface area contributed by atoms with Crippen LogP contribution in [0.5, 0.6) is 0 Å². The van der Waals surface area contributed by atoms with E-state index in [4.69, 9.17) is 22.6 Å². The predicted molar refractivity (Wildman–Crippen MR) is 74.8 cm³/mol. The van der Waals surface area contributed by atoms with E-state index in [1.54, 1.807) is 6.07 Å². The highest BCUT2D eigenvalue weighted by atomic mass is 35.5. The zero-order valence-corrected chi connectivity index (χ0v) is 11.5. The first-order chi connectivity index (χ1) is 8.44. The van der Waals surface area contributed by atoms with E-state index >= 15 is 0 Å². The summed E-state index contributed by atoms with van der Waals surface area (Å²) in [6.45, 7) is 6.23. The molecule has 1 aliphatic heterocycles. The number of nitriles is 1. The molecule has 0 aliphatic carbocycles. The van der Waals surface area contributed by atoms with Gasteiger partial charge in [0.15, 0.2) is 0 Å². The second-order valence-electron chi connectivity index (χ2n) is 5.58. The van der Waals surface area contributed by atoms with E-state index in [0.717, 1.165) is 25.2 Å². The molecule has 1 fully saturated rings. The van der Waals surface area contributed by atoms with E-state index in [2.05, 4.69) is 24.8 Å². The quantitative estimate of drug-likeness (QED) is 0.848. The SMILES string of the molecule is CC1(C)CN(c2ccc(C#N)c(Cl)c2)CCC1N. The van der Waals surface area contributed by atoms with Crippen molar-refractivity contribution in [1.29, 1.82) is 5.26 Å². The van der Waals surface area contributed by atoms with E-state index in [-0.39, 0.29) is 11.5 Å². The van der Waals surface area contributed by atoms with Gasteiger partial charge in [0.25, 0.3) is 0 Å². The highest BCUT2D eigenvalue weighted by Crippen LogP contribution is 2.32. The molecule has 0 radical (unpaired) electrons. The highest BCUT2D eigenvalue weighted by molar-refractivity contribution is 6.32. The minimum absolute atomic E-state index is 0.0959. The molecule has 18 heavy (non-hydrogen) atoms. The van der Waals surface area contributed by atoms with Crippen molar-refractivity contribution < 1.29 is 0 Å². The van der Waals surface area contributed by atoms with Gasteiger partial charge in [0.1, 0.15) is 6.07 Å². The van der Waals surface area contributed by atoms with Gasteiger partial charge in [-0.1, -0.05) is 25.4 Å². The first-order valence-corrected chi connectivity index (χ1v) is 6.52. The second kappa shape index (κ2) is 4.79. The van der Waals surface area contributed by atoms with E-state index < -0.39 is 0 Å². The third-order valence-corrected chi connectivity index (χ3v) is 4.06. The van der Waals surface area contributed by atoms with Crippen LogP contribution >= 0.6 is 11.6 Å². The lowest BCUT2D eigenvalue weighted by Gasteiger charge is -2.43. The second-order valence-corrected chi connectivity index (χ2v) is 5.99. The molecular weight excluding hydrogens is 246 g/mol. The molecule has 1 heterocycles. The zero-order valence-electron chi connectivity index (χ0n) is 10.8. The molecule has 1 saturated heterocycles. The number of nitrogens with zero attached hydrogens (tertiary/aromatic N) is 2. The van der Waals surface area contributed by atoms with Crippen LogP contribution in [0.3, 0.4) is 0 Å². The Bertz CT molecular complexity index is 490. The smallest absolute Gasteiger partial charge is 0.101 e. The van der Waals surface area contributed by atoms with Crippen LogP contribution in [-0.2, 0) is 0 Å². The number of nitrogens with two attached hydrogens (primary N) is 1. The van der Waals surface area contributed by atoms with Gasteiger partial charge in [0, 0.05) is 24.8 Å². The van der Waals surface area contributed by atoms with Gasteiger partial charge in [0.2, 0.25) is 0 Å². The van der Waals surface area contributed by atoms with Crippen molar-refractivity contribution in [1.82, 2.24) is 0 Å². The van der Waals surface area contributed by atoms with Crippen molar-refractivity contribution in [2.24, 2.45) is 11.1 Å². The maximum atomic E-state index is 8.87. The molecule has 1 aliphatic rings. The molecule has 96 valence electrons. The Balaban J connectivity index is 2.23. The molecule has 0 spiro atoms. The molecule has 0 bridgehead atoms. The van der Waals surface area contributed by atoms with Crippen LogP contribution in [0.1, 0.15) is 25.8 Å². The van der Waals surface area contributed by atoms with Gasteiger partial charge in [-0.05, 0) is 30.0 Å². The van der Waals surface area contributed by atoms with Crippen LogP contribution < -0.4 is 10.6 Å². The van der Waals surface area contributed by atoms with E-state index in [9.17, 15) is 0 Å². The molecule has 0 aromatic heterocycles. The van der Waals surface area contributed by atoms with Crippen LogP contribution in [0.25, 0.3) is 0 Å². The average molecular weight is 264 g/mol. The minimum Gasteiger partial charge on any atom is -0.371 e. The number of hydrogen-bond donors (Lipinski definition) is 1. The fourth-order valence-corrected chi connectivity index (χ4v) is 2.60. The van der Waals surface area contributed by atoms with Gasteiger partial charge in [-0.15, -0.1) is 0 Å². The Hall–Kier alpha value is -1.24. The first-order valence-electron chi connectivity index (χ1n) is 6.14. The van der Waals surface area contributed by atoms with Crippen LogP contribution in [0.2, 0.25) is 5.02 Å². The van der Waals surface area contributed by atoms with Crippen LogP contribution in [-0.4, -0.2) is 19.1 Å². The Kier molecular flexibility index (Phi) is 3.52. The Labute approximate surface area is 113 Å². The van der Waals surface area contributed by atoms with Gasteiger partial charge in [0.05, 0.1) is 10.6 Å². The number of hydrogen-bond acceptors (Lipinski definition) is 3.